The van der Waals surface area contributed by atoms with Crippen molar-refractivity contribution in [3.05, 3.63) is 0 Å². The van der Waals surface area contributed by atoms with E-state index in [1.165, 1.54) is 0 Å². The zero-order valence-corrected chi connectivity index (χ0v) is 10.2. The van der Waals surface area contributed by atoms with Crippen molar-refractivity contribution in [2.24, 2.45) is 0 Å². The van der Waals surface area contributed by atoms with Crippen LogP contribution in [0.1, 0.15) is 21.7 Å². The summed E-state index contributed by atoms with van der Waals surface area (Å²) in [6.07, 6.45) is 0.940. The number of nitrogens with one attached hydrogen (secondary N) is 1. The van der Waals surface area contributed by atoms with Gasteiger partial charge in [-0.1, -0.05) is 6.92 Å². The standard InChI is InChI=1S/C5H13NO3P.Na.H/c1-3-5-6-9-10(7)8-4-2;;/h6H,3-5H2,1-2H3;;/q2*+1;-1. The maximum Gasteiger partial charge on any atom is 1.00 e. The minimum Gasteiger partial charge on any atom is -1.00 e. The van der Waals surface area contributed by atoms with Crippen molar-refractivity contribution in [3.8, 4) is 0 Å². The molecule has 0 radical (unpaired) electrons. The van der Waals surface area contributed by atoms with Gasteiger partial charge in [0.2, 0.25) is 0 Å². The number of hydrogen-bond donors (Lipinski definition) is 1. The molecule has 0 aromatic heterocycles. The quantitative estimate of drug-likeness (QED) is 0.245. The van der Waals surface area contributed by atoms with Gasteiger partial charge >= 0.3 is 37.8 Å². The van der Waals surface area contributed by atoms with Gasteiger partial charge in [-0.25, -0.2) is 0 Å². The molecule has 6 heteroatoms. The molecule has 1 atom stereocenters. The van der Waals surface area contributed by atoms with E-state index in [4.69, 9.17) is 0 Å². The number of hydroxylamine groups is 1. The van der Waals surface area contributed by atoms with Crippen molar-refractivity contribution in [2.75, 3.05) is 13.2 Å². The minimum atomic E-state index is -1.95. The minimum absolute atomic E-state index is 0. The van der Waals surface area contributed by atoms with Crippen molar-refractivity contribution >= 4 is 8.25 Å². The van der Waals surface area contributed by atoms with E-state index in [0.717, 1.165) is 6.42 Å². The zero-order valence-electron chi connectivity index (χ0n) is 8.29. The first-order valence-corrected chi connectivity index (χ1v) is 4.40. The fourth-order valence-electron chi connectivity index (χ4n) is 0.332. The van der Waals surface area contributed by atoms with Crippen molar-refractivity contribution in [3.63, 3.8) is 0 Å². The van der Waals surface area contributed by atoms with E-state index in [9.17, 15) is 4.57 Å². The Bertz CT molecular complexity index is 109. The second kappa shape index (κ2) is 11.0. The normalized spacial score (nSPS) is 10.5. The molecule has 0 saturated carbocycles. The number of hydrogen-bond acceptors (Lipinski definition) is 4. The van der Waals surface area contributed by atoms with Crippen molar-refractivity contribution in [2.45, 2.75) is 20.3 Å². The van der Waals surface area contributed by atoms with E-state index in [1.807, 2.05) is 6.92 Å². The molecule has 0 fully saturated rings. The van der Waals surface area contributed by atoms with Crippen LogP contribution in [0, 0.1) is 0 Å². The van der Waals surface area contributed by atoms with Crippen molar-refractivity contribution < 1.29 is 44.7 Å². The van der Waals surface area contributed by atoms with Crippen LogP contribution in [0.5, 0.6) is 0 Å². The van der Waals surface area contributed by atoms with Crippen LogP contribution < -0.4 is 35.0 Å². The third kappa shape index (κ3) is 11.0. The van der Waals surface area contributed by atoms with Crippen LogP contribution in [0.25, 0.3) is 0 Å². The summed E-state index contributed by atoms with van der Waals surface area (Å²) in [6, 6.07) is 0. The molecule has 0 aliphatic rings. The Morgan fingerprint density at radius 3 is 2.64 bits per heavy atom. The predicted molar refractivity (Wildman–Crippen MR) is 39.7 cm³/mol. The summed E-state index contributed by atoms with van der Waals surface area (Å²) in [7, 11) is -1.95. The molecule has 0 spiro atoms. The molecule has 0 amide bonds. The van der Waals surface area contributed by atoms with Gasteiger partial charge in [-0.05, 0) is 18.0 Å². The largest absolute Gasteiger partial charge is 1.00 e. The summed E-state index contributed by atoms with van der Waals surface area (Å²) in [6.45, 7) is 4.84. The Labute approximate surface area is 91.7 Å². The van der Waals surface area contributed by atoms with Gasteiger partial charge < -0.3 is 1.43 Å². The summed E-state index contributed by atoms with van der Waals surface area (Å²) in [5.74, 6) is 0. The fraction of sp³-hybridized carbons (Fsp3) is 1.00. The first kappa shape index (κ1) is 14.5. The van der Waals surface area contributed by atoms with E-state index in [0.29, 0.717) is 13.2 Å². The van der Waals surface area contributed by atoms with Gasteiger partial charge in [0.05, 0.1) is 0 Å². The average Bonchev–Trinajstić information content (AvgIpc) is 1.89. The van der Waals surface area contributed by atoms with E-state index in [2.05, 4.69) is 14.6 Å². The Morgan fingerprint density at radius 2 is 2.18 bits per heavy atom. The van der Waals surface area contributed by atoms with Gasteiger partial charge in [-0.3, -0.25) is 0 Å². The summed E-state index contributed by atoms with van der Waals surface area (Å²) < 4.78 is 19.7. The third-order valence-electron chi connectivity index (χ3n) is 0.726. The molecule has 0 heterocycles. The van der Waals surface area contributed by atoms with Crippen molar-refractivity contribution in [1.29, 1.82) is 0 Å². The molecule has 0 aromatic carbocycles. The fourth-order valence-corrected chi connectivity index (χ4v) is 0.792. The van der Waals surface area contributed by atoms with Crippen LogP contribution >= 0.6 is 8.25 Å². The first-order valence-electron chi connectivity index (χ1n) is 3.31. The smallest absolute Gasteiger partial charge is 1.00 e. The van der Waals surface area contributed by atoms with Gasteiger partial charge in [0.15, 0.2) is 0 Å². The Kier molecular flexibility index (Phi) is 14.5. The first-order chi connectivity index (χ1) is 4.81. The maximum absolute atomic E-state index is 10.6. The maximum atomic E-state index is 10.6. The summed E-state index contributed by atoms with van der Waals surface area (Å²) in [4.78, 5) is 0. The molecule has 0 rings (SSSR count). The van der Waals surface area contributed by atoms with Crippen LogP contribution in [0.2, 0.25) is 0 Å². The van der Waals surface area contributed by atoms with Crippen molar-refractivity contribution in [1.82, 2.24) is 5.48 Å². The van der Waals surface area contributed by atoms with Gasteiger partial charge in [-0.2, -0.15) is 0 Å². The monoisotopic (exact) mass is 190 g/mol. The molecule has 62 valence electrons. The van der Waals surface area contributed by atoms with Crippen LogP contribution in [-0.4, -0.2) is 13.2 Å². The Morgan fingerprint density at radius 1 is 1.55 bits per heavy atom. The topological polar surface area (TPSA) is 47.6 Å². The molecule has 0 aliphatic carbocycles. The number of rotatable bonds is 6. The molecule has 11 heavy (non-hydrogen) atoms. The molecule has 4 nitrogen and oxygen atoms in total. The van der Waals surface area contributed by atoms with Crippen LogP contribution in [0.4, 0.5) is 0 Å². The molecule has 0 bridgehead atoms. The van der Waals surface area contributed by atoms with Crippen LogP contribution in [0.3, 0.4) is 0 Å². The molecular formula is C5H14NNaO3P+. The zero-order chi connectivity index (χ0) is 7.82. The Balaban J connectivity index is -0.000000405. The summed E-state index contributed by atoms with van der Waals surface area (Å²) in [5, 5.41) is 0. The third-order valence-corrected chi connectivity index (χ3v) is 1.47. The van der Waals surface area contributed by atoms with Crippen LogP contribution in [0.15, 0.2) is 0 Å². The second-order valence-corrected chi connectivity index (χ2v) is 2.51. The van der Waals surface area contributed by atoms with Crippen LogP contribution in [-0.2, 0) is 13.7 Å². The molecule has 0 saturated heterocycles. The molecule has 1 N–H and O–H groups in total. The van der Waals surface area contributed by atoms with Gasteiger partial charge in [0.25, 0.3) is 0 Å². The molecular weight excluding hydrogens is 176 g/mol. The van der Waals surface area contributed by atoms with E-state index < -0.39 is 8.25 Å². The summed E-state index contributed by atoms with van der Waals surface area (Å²) in [5.41, 5.74) is 2.51. The second-order valence-electron chi connectivity index (χ2n) is 1.63. The van der Waals surface area contributed by atoms with E-state index >= 15 is 0 Å². The Hall–Kier alpha value is 0.980. The van der Waals surface area contributed by atoms with Gasteiger partial charge in [0, 0.05) is 11.1 Å². The predicted octanol–water partition coefficient (Wildman–Crippen LogP) is -1.27. The van der Waals surface area contributed by atoms with Gasteiger partial charge in [-0.15, -0.1) is 10.0 Å². The van der Waals surface area contributed by atoms with E-state index in [-0.39, 0.29) is 31.0 Å². The molecule has 0 aromatic rings. The van der Waals surface area contributed by atoms with Gasteiger partial charge in [0.1, 0.15) is 6.61 Å². The van der Waals surface area contributed by atoms with E-state index in [1.54, 1.807) is 6.92 Å². The average molecular weight is 190 g/mol. The molecule has 1 unspecified atom stereocenters. The summed E-state index contributed by atoms with van der Waals surface area (Å²) >= 11 is 0. The SMILES string of the molecule is CCCNO[P+](=O)OCC.[H-].[Na+]. The molecule has 0 aliphatic heterocycles.